The highest BCUT2D eigenvalue weighted by atomic mass is 32.1. The molecule has 24 heavy (non-hydrogen) atoms. The van der Waals surface area contributed by atoms with Gasteiger partial charge in [0.05, 0.1) is 12.3 Å². The van der Waals surface area contributed by atoms with Crippen LogP contribution in [0.2, 0.25) is 0 Å². The summed E-state index contributed by atoms with van der Waals surface area (Å²) in [6.07, 6.45) is 3.47. The molecule has 1 N–H and O–H groups in total. The van der Waals surface area contributed by atoms with Gasteiger partial charge in [-0.25, -0.2) is 9.78 Å². The Labute approximate surface area is 145 Å². The molecular weight excluding hydrogens is 326 g/mol. The van der Waals surface area contributed by atoms with Crippen LogP contribution in [-0.4, -0.2) is 67.6 Å². The van der Waals surface area contributed by atoms with Gasteiger partial charge in [-0.15, -0.1) is 11.3 Å². The highest BCUT2D eigenvalue weighted by Gasteiger charge is 2.24. The Kier molecular flexibility index (Phi) is 5.37. The minimum absolute atomic E-state index is 0.0211. The van der Waals surface area contributed by atoms with Crippen molar-refractivity contribution in [2.24, 2.45) is 0 Å². The average molecular weight is 349 g/mol. The van der Waals surface area contributed by atoms with Gasteiger partial charge in [0.1, 0.15) is 5.76 Å². The highest BCUT2D eigenvalue weighted by molar-refractivity contribution is 7.13. The molecule has 1 saturated heterocycles. The molecule has 7 nitrogen and oxygen atoms in total. The summed E-state index contributed by atoms with van der Waals surface area (Å²) in [5, 5.41) is 6.03. The van der Waals surface area contributed by atoms with Crippen molar-refractivity contribution in [1.82, 2.24) is 20.1 Å². The number of carbonyl (C=O) groups is 1. The number of nitrogens with one attached hydrogen (secondary N) is 1. The minimum Gasteiger partial charge on any atom is -0.468 e. The molecule has 1 fully saturated rings. The van der Waals surface area contributed by atoms with E-state index in [1.165, 1.54) is 0 Å². The molecule has 0 spiro atoms. The van der Waals surface area contributed by atoms with Crippen LogP contribution in [0, 0.1) is 0 Å². The molecule has 0 aliphatic carbocycles. The summed E-state index contributed by atoms with van der Waals surface area (Å²) < 4.78 is 5.47. The lowest BCUT2D eigenvalue weighted by atomic mass is 10.2. The van der Waals surface area contributed by atoms with Gasteiger partial charge in [0, 0.05) is 44.3 Å². The lowest BCUT2D eigenvalue weighted by molar-refractivity contribution is 0.186. The third kappa shape index (κ3) is 3.88. The van der Waals surface area contributed by atoms with Crippen LogP contribution in [-0.2, 0) is 0 Å². The fourth-order valence-electron chi connectivity index (χ4n) is 2.79. The molecule has 2 amide bonds. The molecular formula is C16H23N5O2S. The largest absolute Gasteiger partial charge is 0.468 e. The van der Waals surface area contributed by atoms with E-state index < -0.39 is 0 Å². The molecule has 0 radical (unpaired) electrons. The Morgan fingerprint density at radius 3 is 2.79 bits per heavy atom. The molecule has 3 heterocycles. The van der Waals surface area contributed by atoms with Crippen molar-refractivity contribution in [3.63, 3.8) is 0 Å². The van der Waals surface area contributed by atoms with Gasteiger partial charge in [-0.05, 0) is 26.2 Å². The maximum absolute atomic E-state index is 12.4. The fraction of sp³-hybridized carbons (Fsp3) is 0.500. The first-order chi connectivity index (χ1) is 11.6. The molecule has 8 heteroatoms. The van der Waals surface area contributed by atoms with Crippen LogP contribution in [0.1, 0.15) is 11.8 Å². The zero-order valence-electron chi connectivity index (χ0n) is 14.0. The van der Waals surface area contributed by atoms with Crippen molar-refractivity contribution in [1.29, 1.82) is 0 Å². The van der Waals surface area contributed by atoms with Gasteiger partial charge >= 0.3 is 6.03 Å². The smallest absolute Gasteiger partial charge is 0.317 e. The number of aromatic nitrogens is 1. The van der Waals surface area contributed by atoms with Crippen molar-refractivity contribution in [3.8, 4) is 0 Å². The van der Waals surface area contributed by atoms with Gasteiger partial charge in [-0.3, -0.25) is 4.90 Å². The number of amides is 2. The quantitative estimate of drug-likeness (QED) is 0.893. The minimum atomic E-state index is -0.0211. The van der Waals surface area contributed by atoms with E-state index in [-0.39, 0.29) is 12.1 Å². The predicted octanol–water partition coefficient (Wildman–Crippen LogP) is 1.87. The summed E-state index contributed by atoms with van der Waals surface area (Å²) in [6, 6.07) is 3.81. The van der Waals surface area contributed by atoms with Gasteiger partial charge in [0.25, 0.3) is 0 Å². The molecule has 1 unspecified atom stereocenters. The first-order valence-corrected chi connectivity index (χ1v) is 8.90. The molecule has 0 aromatic carbocycles. The van der Waals surface area contributed by atoms with Crippen molar-refractivity contribution >= 4 is 22.5 Å². The van der Waals surface area contributed by atoms with Crippen molar-refractivity contribution in [3.05, 3.63) is 35.7 Å². The molecule has 0 saturated carbocycles. The van der Waals surface area contributed by atoms with Crippen molar-refractivity contribution in [2.75, 3.05) is 51.7 Å². The monoisotopic (exact) mass is 349 g/mol. The Bertz CT molecular complexity index is 621. The number of carbonyl (C=O) groups excluding carboxylic acids is 1. The number of anilines is 1. The number of likely N-dealkylation sites (N-methyl/N-ethyl adjacent to an activating group) is 1. The molecule has 2 aromatic heterocycles. The average Bonchev–Trinajstić information content (AvgIpc) is 3.28. The van der Waals surface area contributed by atoms with E-state index in [1.54, 1.807) is 17.6 Å². The predicted molar refractivity (Wildman–Crippen MR) is 94.4 cm³/mol. The SMILES string of the molecule is CN(C)C(CNC(=O)N1CCN(c2nccs2)CC1)c1ccco1. The van der Waals surface area contributed by atoms with Crippen LogP contribution < -0.4 is 10.2 Å². The standard InChI is InChI=1S/C16H23N5O2S/c1-19(2)13(14-4-3-10-23-14)12-18-15(22)20-6-8-21(9-7-20)16-17-5-11-24-16/h3-5,10-11,13H,6-9,12H2,1-2H3,(H,18,22). The Morgan fingerprint density at radius 1 is 1.42 bits per heavy atom. The maximum Gasteiger partial charge on any atom is 0.317 e. The second-order valence-electron chi connectivity index (χ2n) is 5.97. The molecule has 2 aromatic rings. The van der Waals surface area contributed by atoms with E-state index in [4.69, 9.17) is 4.42 Å². The van der Waals surface area contributed by atoms with E-state index in [9.17, 15) is 4.79 Å². The van der Waals surface area contributed by atoms with Gasteiger partial charge in [-0.1, -0.05) is 0 Å². The number of hydrogen-bond acceptors (Lipinski definition) is 6. The maximum atomic E-state index is 12.4. The Balaban J connectivity index is 1.49. The summed E-state index contributed by atoms with van der Waals surface area (Å²) in [7, 11) is 3.96. The number of piperazine rings is 1. The molecule has 3 rings (SSSR count). The zero-order valence-corrected chi connectivity index (χ0v) is 14.8. The van der Waals surface area contributed by atoms with E-state index in [1.807, 2.05) is 47.6 Å². The Morgan fingerprint density at radius 2 is 2.21 bits per heavy atom. The molecule has 1 aliphatic rings. The van der Waals surface area contributed by atoms with Crippen LogP contribution in [0.5, 0.6) is 0 Å². The Hall–Kier alpha value is -2.06. The van der Waals surface area contributed by atoms with Gasteiger partial charge in [-0.2, -0.15) is 0 Å². The fourth-order valence-corrected chi connectivity index (χ4v) is 3.48. The van der Waals surface area contributed by atoms with Crippen LogP contribution in [0.25, 0.3) is 0 Å². The summed E-state index contributed by atoms with van der Waals surface area (Å²) in [6.45, 7) is 3.57. The second kappa shape index (κ2) is 7.67. The third-order valence-corrected chi connectivity index (χ3v) is 5.03. The van der Waals surface area contributed by atoms with E-state index in [0.29, 0.717) is 19.6 Å². The lowest BCUT2D eigenvalue weighted by Crippen LogP contribution is -2.52. The summed E-state index contributed by atoms with van der Waals surface area (Å²) in [5.41, 5.74) is 0. The normalized spacial score (nSPS) is 16.5. The van der Waals surface area contributed by atoms with Crippen LogP contribution in [0.4, 0.5) is 9.93 Å². The number of furan rings is 1. The number of thiazole rings is 1. The van der Waals surface area contributed by atoms with E-state index in [2.05, 4.69) is 15.2 Å². The molecule has 0 bridgehead atoms. The van der Waals surface area contributed by atoms with Gasteiger partial charge in [0.15, 0.2) is 5.13 Å². The summed E-state index contributed by atoms with van der Waals surface area (Å²) in [4.78, 5) is 22.9. The summed E-state index contributed by atoms with van der Waals surface area (Å²) >= 11 is 1.63. The third-order valence-electron chi connectivity index (χ3n) is 4.20. The molecule has 1 aliphatic heterocycles. The zero-order chi connectivity index (χ0) is 16.9. The molecule has 1 atom stereocenters. The number of nitrogens with zero attached hydrogens (tertiary/aromatic N) is 4. The first kappa shape index (κ1) is 16.8. The van der Waals surface area contributed by atoms with Crippen LogP contribution in [0.3, 0.4) is 0 Å². The van der Waals surface area contributed by atoms with E-state index >= 15 is 0 Å². The number of rotatable bonds is 5. The molecule has 130 valence electrons. The van der Waals surface area contributed by atoms with Crippen molar-refractivity contribution < 1.29 is 9.21 Å². The van der Waals surface area contributed by atoms with Crippen LogP contribution >= 0.6 is 11.3 Å². The number of urea groups is 1. The lowest BCUT2D eigenvalue weighted by Gasteiger charge is -2.35. The second-order valence-corrected chi connectivity index (χ2v) is 6.84. The summed E-state index contributed by atoms with van der Waals surface area (Å²) in [5.74, 6) is 0.855. The van der Waals surface area contributed by atoms with Gasteiger partial charge in [0.2, 0.25) is 0 Å². The topological polar surface area (TPSA) is 64.9 Å². The number of hydrogen-bond donors (Lipinski definition) is 1. The highest BCUT2D eigenvalue weighted by Crippen LogP contribution is 2.20. The van der Waals surface area contributed by atoms with Gasteiger partial charge < -0.3 is 19.5 Å². The van der Waals surface area contributed by atoms with Crippen molar-refractivity contribution in [2.45, 2.75) is 6.04 Å². The van der Waals surface area contributed by atoms with Crippen LogP contribution in [0.15, 0.2) is 34.4 Å². The first-order valence-electron chi connectivity index (χ1n) is 8.02. The van der Waals surface area contributed by atoms with E-state index in [0.717, 1.165) is 24.0 Å².